The molecule has 1 aromatic carbocycles. The van der Waals surface area contributed by atoms with Gasteiger partial charge in [-0.05, 0) is 32.9 Å². The number of benzene rings is 1. The molecule has 0 fully saturated rings. The average Bonchev–Trinajstić information content (AvgIpc) is 3.25. The number of aliphatic hydroxyl groups excluding tert-OH is 1. The van der Waals surface area contributed by atoms with Gasteiger partial charge in [0.2, 0.25) is 0 Å². The molecule has 1 amide bonds. The summed E-state index contributed by atoms with van der Waals surface area (Å²) in [4.78, 5) is 17.0. The first-order chi connectivity index (χ1) is 15.3. The maximum absolute atomic E-state index is 15.0. The van der Waals surface area contributed by atoms with Crippen LogP contribution in [0.15, 0.2) is 18.3 Å². The molecule has 2 unspecified atom stereocenters. The maximum Gasteiger partial charge on any atom is 0.425 e. The molecule has 3 aromatic rings. The maximum atomic E-state index is 15.0. The van der Waals surface area contributed by atoms with Gasteiger partial charge in [-0.2, -0.15) is 18.3 Å². The van der Waals surface area contributed by atoms with Crippen LogP contribution in [-0.4, -0.2) is 43.0 Å². The molecule has 13 heteroatoms. The fraction of sp³-hybridized carbons (Fsp3) is 0.350. The summed E-state index contributed by atoms with van der Waals surface area (Å²) in [6.07, 6.45) is -6.61. The van der Waals surface area contributed by atoms with Crippen LogP contribution in [0, 0.1) is 12.7 Å². The highest BCUT2D eigenvalue weighted by molar-refractivity contribution is 6.33. The van der Waals surface area contributed by atoms with E-state index < -0.39 is 41.4 Å². The van der Waals surface area contributed by atoms with Crippen molar-refractivity contribution in [1.82, 2.24) is 19.7 Å². The Labute approximate surface area is 190 Å². The minimum absolute atomic E-state index is 0.0109. The number of halogens is 5. The molecule has 2 aromatic heterocycles. The van der Waals surface area contributed by atoms with Gasteiger partial charge in [0.25, 0.3) is 5.91 Å². The number of ether oxygens (including phenoxy) is 1. The van der Waals surface area contributed by atoms with E-state index in [0.29, 0.717) is 5.69 Å². The van der Waals surface area contributed by atoms with E-state index in [1.165, 1.54) is 24.6 Å². The number of imidazole rings is 1. The van der Waals surface area contributed by atoms with Crippen LogP contribution in [0.2, 0.25) is 5.15 Å². The largest absolute Gasteiger partial charge is 0.480 e. The van der Waals surface area contributed by atoms with Crippen molar-refractivity contribution in [3.8, 4) is 17.0 Å². The molecular weight excluding hydrogens is 470 g/mol. The van der Waals surface area contributed by atoms with Gasteiger partial charge in [0.15, 0.2) is 6.10 Å². The van der Waals surface area contributed by atoms with Gasteiger partial charge in [0, 0.05) is 18.8 Å². The number of aromatic amines is 1. The van der Waals surface area contributed by atoms with Crippen LogP contribution in [0.25, 0.3) is 11.3 Å². The van der Waals surface area contributed by atoms with Crippen molar-refractivity contribution in [2.75, 3.05) is 5.32 Å². The Hall–Kier alpha value is -3.12. The minimum atomic E-state index is -4.74. The summed E-state index contributed by atoms with van der Waals surface area (Å²) < 4.78 is 60.9. The minimum Gasteiger partial charge on any atom is -0.480 e. The number of H-pyrrole nitrogens is 1. The number of aliphatic hydroxyl groups is 1. The molecule has 3 rings (SSSR count). The number of anilines is 1. The number of alkyl halides is 3. The fourth-order valence-corrected chi connectivity index (χ4v) is 3.24. The van der Waals surface area contributed by atoms with Crippen LogP contribution in [0.5, 0.6) is 5.75 Å². The summed E-state index contributed by atoms with van der Waals surface area (Å²) in [7, 11) is 1.57. The van der Waals surface area contributed by atoms with Gasteiger partial charge in [-0.1, -0.05) is 11.6 Å². The van der Waals surface area contributed by atoms with Crippen LogP contribution in [0.4, 0.5) is 23.2 Å². The molecule has 0 aliphatic rings. The zero-order chi connectivity index (χ0) is 24.7. The molecule has 8 nitrogen and oxygen atoms in total. The summed E-state index contributed by atoms with van der Waals surface area (Å²) in [6, 6.07) is 1.72. The van der Waals surface area contributed by atoms with Gasteiger partial charge < -0.3 is 19.7 Å². The van der Waals surface area contributed by atoms with Gasteiger partial charge in [-0.15, -0.1) is 0 Å². The Morgan fingerprint density at radius 2 is 2.00 bits per heavy atom. The van der Waals surface area contributed by atoms with E-state index in [4.69, 9.17) is 16.3 Å². The number of carbonyl (C=O) groups is 1. The lowest BCUT2D eigenvalue weighted by Crippen LogP contribution is -2.32. The monoisotopic (exact) mass is 489 g/mol. The fourth-order valence-electron chi connectivity index (χ4n) is 3.01. The number of amides is 1. The Kier molecular flexibility index (Phi) is 6.70. The van der Waals surface area contributed by atoms with Gasteiger partial charge in [-0.25, -0.2) is 9.37 Å². The predicted molar refractivity (Wildman–Crippen MR) is 112 cm³/mol. The molecule has 3 N–H and O–H groups in total. The third-order valence-electron chi connectivity index (χ3n) is 4.78. The van der Waals surface area contributed by atoms with Gasteiger partial charge in [0.05, 0.1) is 17.0 Å². The lowest BCUT2D eigenvalue weighted by atomic mass is 10.1. The van der Waals surface area contributed by atoms with E-state index in [2.05, 4.69) is 20.5 Å². The van der Waals surface area contributed by atoms with Crippen LogP contribution in [0.3, 0.4) is 0 Å². The lowest BCUT2D eigenvalue weighted by Gasteiger charge is -2.20. The summed E-state index contributed by atoms with van der Waals surface area (Å²) in [5.74, 6) is -2.20. The van der Waals surface area contributed by atoms with E-state index in [1.807, 2.05) is 0 Å². The second-order valence-electron chi connectivity index (χ2n) is 7.35. The normalized spacial score (nSPS) is 13.6. The van der Waals surface area contributed by atoms with Gasteiger partial charge >= 0.3 is 6.18 Å². The molecule has 0 aliphatic heterocycles. The number of aryl methyl sites for hydroxylation is 2. The third kappa shape index (κ3) is 5.11. The highest BCUT2D eigenvalue weighted by Gasteiger charge is 2.39. The van der Waals surface area contributed by atoms with Crippen molar-refractivity contribution >= 4 is 23.2 Å². The van der Waals surface area contributed by atoms with Crippen molar-refractivity contribution in [2.24, 2.45) is 7.05 Å². The van der Waals surface area contributed by atoms with E-state index in [0.717, 1.165) is 19.1 Å². The molecule has 0 saturated heterocycles. The summed E-state index contributed by atoms with van der Waals surface area (Å²) >= 11 is 5.92. The average molecular weight is 490 g/mol. The van der Waals surface area contributed by atoms with Crippen LogP contribution in [-0.2, 0) is 7.05 Å². The molecule has 2 atom stereocenters. The first-order valence-corrected chi connectivity index (χ1v) is 9.97. The van der Waals surface area contributed by atoms with E-state index in [1.54, 1.807) is 7.05 Å². The predicted octanol–water partition coefficient (Wildman–Crippen LogP) is 4.55. The zero-order valence-corrected chi connectivity index (χ0v) is 18.6. The number of hydrogen-bond acceptors (Lipinski definition) is 5. The molecule has 0 aliphatic carbocycles. The van der Waals surface area contributed by atoms with E-state index in [-0.39, 0.29) is 27.9 Å². The highest BCUT2D eigenvalue weighted by Crippen LogP contribution is 2.34. The number of rotatable bonds is 6. The molecule has 33 heavy (non-hydrogen) atoms. The highest BCUT2D eigenvalue weighted by atomic mass is 35.5. The molecule has 0 bridgehead atoms. The molecule has 0 radical (unpaired) electrons. The number of aromatic nitrogens is 4. The third-order valence-corrected chi connectivity index (χ3v) is 5.06. The number of hydrogen-bond donors (Lipinski definition) is 3. The van der Waals surface area contributed by atoms with Crippen LogP contribution < -0.4 is 10.1 Å². The van der Waals surface area contributed by atoms with Crippen molar-refractivity contribution < 1.29 is 32.2 Å². The molecule has 2 heterocycles. The molecule has 0 saturated carbocycles. The second kappa shape index (κ2) is 9.02. The standard InChI is InChI=1S/C20H20ClF4N5O3/c1-8-16(17(21)29-28-8)27-19(32)12-5-13(22)11(6-15(12)33-10(3)20(23,24)25)14-7-30(4)18(26-14)9(2)31/h5-7,9-10,31H,1-4H3,(H,27,32)(H,28,29). The zero-order valence-electron chi connectivity index (χ0n) is 17.9. The Balaban J connectivity index is 2.09. The first-order valence-electron chi connectivity index (χ1n) is 9.60. The van der Waals surface area contributed by atoms with Crippen molar-refractivity contribution in [1.29, 1.82) is 0 Å². The number of nitrogens with one attached hydrogen (secondary N) is 2. The van der Waals surface area contributed by atoms with Crippen LogP contribution >= 0.6 is 11.6 Å². The van der Waals surface area contributed by atoms with Crippen LogP contribution in [0.1, 0.15) is 41.8 Å². The van der Waals surface area contributed by atoms with E-state index in [9.17, 15) is 23.1 Å². The second-order valence-corrected chi connectivity index (χ2v) is 7.73. The Morgan fingerprint density at radius 3 is 2.52 bits per heavy atom. The topological polar surface area (TPSA) is 105 Å². The van der Waals surface area contributed by atoms with Crippen molar-refractivity contribution in [3.05, 3.63) is 46.4 Å². The quantitative estimate of drug-likeness (QED) is 0.441. The van der Waals surface area contributed by atoms with Crippen molar-refractivity contribution in [2.45, 2.75) is 39.2 Å². The lowest BCUT2D eigenvalue weighted by molar-refractivity contribution is -0.189. The van der Waals surface area contributed by atoms with Crippen molar-refractivity contribution in [3.63, 3.8) is 0 Å². The summed E-state index contributed by atoms with van der Waals surface area (Å²) in [5, 5.41) is 18.4. The van der Waals surface area contributed by atoms with Gasteiger partial charge in [-0.3, -0.25) is 9.89 Å². The Bertz CT molecular complexity index is 1170. The first kappa shape index (κ1) is 24.5. The number of nitrogens with zero attached hydrogens (tertiary/aromatic N) is 3. The molecular formula is C20H20ClF4N5O3. The number of carbonyl (C=O) groups excluding carboxylic acids is 1. The summed E-state index contributed by atoms with van der Waals surface area (Å²) in [5.41, 5.74) is -0.259. The smallest absolute Gasteiger partial charge is 0.425 e. The molecule has 178 valence electrons. The van der Waals surface area contributed by atoms with Gasteiger partial charge in [0.1, 0.15) is 34.3 Å². The summed E-state index contributed by atoms with van der Waals surface area (Å²) in [6.45, 7) is 3.75. The SMILES string of the molecule is Cc1n[nH]c(Cl)c1NC(=O)c1cc(F)c(-c2cn(C)c(C(C)O)n2)cc1OC(C)C(F)(F)F. The Morgan fingerprint density at radius 1 is 1.33 bits per heavy atom. The van der Waals surface area contributed by atoms with E-state index >= 15 is 4.39 Å². The molecule has 0 spiro atoms.